The Morgan fingerprint density at radius 3 is 2.00 bits per heavy atom. The minimum absolute atomic E-state index is 0.544. The molecule has 4 heteroatoms. The summed E-state index contributed by atoms with van der Waals surface area (Å²) in [5, 5.41) is 1.10. The van der Waals surface area contributed by atoms with E-state index in [4.69, 9.17) is 23.2 Å². The van der Waals surface area contributed by atoms with E-state index in [0.29, 0.717) is 10.3 Å². The smallest absolute Gasteiger partial charge is 0.129 e. The van der Waals surface area contributed by atoms with Gasteiger partial charge in [0.25, 0.3) is 0 Å². The van der Waals surface area contributed by atoms with Crippen LogP contribution in [0.3, 0.4) is 0 Å². The second-order valence-corrected chi connectivity index (χ2v) is 3.59. The monoisotopic (exact) mass is 240 g/mol. The third kappa shape index (κ3) is 5.35. The first kappa shape index (κ1) is 12.0. The summed E-state index contributed by atoms with van der Waals surface area (Å²) >= 11 is 10.9. The van der Waals surface area contributed by atoms with Crippen molar-refractivity contribution >= 4 is 23.2 Å². The molecule has 0 fully saturated rings. The molecule has 0 aliphatic carbocycles. The highest BCUT2D eigenvalue weighted by atomic mass is 35.5. The van der Waals surface area contributed by atoms with Gasteiger partial charge in [-0.05, 0) is 30.7 Å². The van der Waals surface area contributed by atoms with Crippen molar-refractivity contribution in [3.05, 3.63) is 58.6 Å². The largest absolute Gasteiger partial charge is 0.245 e. The highest BCUT2D eigenvalue weighted by Gasteiger charge is 1.83. The minimum atomic E-state index is 0.544. The SMILES string of the molecule is Cc1ccc(Cl)nc1.Clc1ccccn1. The molecule has 2 heterocycles. The van der Waals surface area contributed by atoms with E-state index in [1.54, 1.807) is 24.5 Å². The zero-order valence-corrected chi connectivity index (χ0v) is 9.70. The molecule has 0 aliphatic rings. The van der Waals surface area contributed by atoms with E-state index in [9.17, 15) is 0 Å². The third-order valence-corrected chi connectivity index (χ3v) is 1.95. The van der Waals surface area contributed by atoms with Crippen LogP contribution >= 0.6 is 23.2 Å². The predicted molar refractivity (Wildman–Crippen MR) is 63.2 cm³/mol. The van der Waals surface area contributed by atoms with E-state index in [-0.39, 0.29) is 0 Å². The Bertz CT molecular complexity index is 366. The van der Waals surface area contributed by atoms with Gasteiger partial charge in [0.2, 0.25) is 0 Å². The normalized spacial score (nSPS) is 9.00. The number of rotatable bonds is 0. The molecule has 0 atom stereocenters. The van der Waals surface area contributed by atoms with Gasteiger partial charge in [-0.25, -0.2) is 9.97 Å². The lowest BCUT2D eigenvalue weighted by atomic mass is 10.3. The molecule has 0 spiro atoms. The standard InChI is InChI=1S/C6H6ClN.C5H4ClN/c1-5-2-3-6(7)8-4-5;6-5-3-1-2-4-7-5/h2-4H,1H3;1-4H. The maximum absolute atomic E-state index is 5.50. The summed E-state index contributed by atoms with van der Waals surface area (Å²) in [5.74, 6) is 0. The lowest BCUT2D eigenvalue weighted by Crippen LogP contribution is -1.73. The first-order chi connectivity index (χ1) is 7.18. The molecule has 0 aromatic carbocycles. The first-order valence-electron chi connectivity index (χ1n) is 4.33. The van der Waals surface area contributed by atoms with Crippen molar-refractivity contribution in [1.29, 1.82) is 0 Å². The van der Waals surface area contributed by atoms with Crippen LogP contribution in [-0.2, 0) is 0 Å². The van der Waals surface area contributed by atoms with Crippen LogP contribution in [-0.4, -0.2) is 9.97 Å². The maximum atomic E-state index is 5.50. The number of hydrogen-bond acceptors (Lipinski definition) is 2. The van der Waals surface area contributed by atoms with Gasteiger partial charge in [-0.2, -0.15) is 0 Å². The molecule has 0 bridgehead atoms. The van der Waals surface area contributed by atoms with Gasteiger partial charge in [0.15, 0.2) is 0 Å². The Kier molecular flexibility index (Phi) is 5.08. The highest BCUT2D eigenvalue weighted by molar-refractivity contribution is 6.29. The molecule has 2 nitrogen and oxygen atoms in total. The number of nitrogens with zero attached hydrogens (tertiary/aromatic N) is 2. The van der Waals surface area contributed by atoms with Crippen LogP contribution in [0.2, 0.25) is 10.3 Å². The third-order valence-electron chi connectivity index (χ3n) is 1.50. The Labute approximate surface area is 98.9 Å². The summed E-state index contributed by atoms with van der Waals surface area (Å²) in [7, 11) is 0. The van der Waals surface area contributed by atoms with Crippen LogP contribution in [0.15, 0.2) is 42.7 Å². The Morgan fingerprint density at radius 1 is 0.933 bits per heavy atom. The highest BCUT2D eigenvalue weighted by Crippen LogP contribution is 2.02. The Hall–Kier alpha value is -1.12. The minimum Gasteiger partial charge on any atom is -0.245 e. The van der Waals surface area contributed by atoms with Gasteiger partial charge in [-0.3, -0.25) is 0 Å². The van der Waals surface area contributed by atoms with Gasteiger partial charge in [-0.15, -0.1) is 0 Å². The van der Waals surface area contributed by atoms with Crippen molar-refractivity contribution in [3.8, 4) is 0 Å². The van der Waals surface area contributed by atoms with Crippen molar-refractivity contribution in [1.82, 2.24) is 9.97 Å². The summed E-state index contributed by atoms with van der Waals surface area (Å²) in [6.45, 7) is 1.98. The fraction of sp³-hybridized carbons (Fsp3) is 0.0909. The molecule has 2 aromatic rings. The van der Waals surface area contributed by atoms with Gasteiger partial charge >= 0.3 is 0 Å². The van der Waals surface area contributed by atoms with E-state index in [0.717, 1.165) is 5.56 Å². The second kappa shape index (κ2) is 6.38. The molecule has 2 aromatic heterocycles. The summed E-state index contributed by atoms with van der Waals surface area (Å²) in [6.07, 6.45) is 3.39. The van der Waals surface area contributed by atoms with Crippen molar-refractivity contribution in [2.75, 3.05) is 0 Å². The number of pyridine rings is 2. The number of aromatic nitrogens is 2. The zero-order chi connectivity index (χ0) is 11.1. The second-order valence-electron chi connectivity index (χ2n) is 2.81. The molecule has 15 heavy (non-hydrogen) atoms. The molecule has 0 aliphatic heterocycles. The fourth-order valence-electron chi connectivity index (χ4n) is 0.792. The van der Waals surface area contributed by atoms with E-state index < -0.39 is 0 Å². The first-order valence-corrected chi connectivity index (χ1v) is 5.09. The Balaban J connectivity index is 0.000000151. The molecule has 78 valence electrons. The van der Waals surface area contributed by atoms with E-state index in [1.165, 1.54) is 0 Å². The van der Waals surface area contributed by atoms with Gasteiger partial charge in [-0.1, -0.05) is 35.3 Å². The van der Waals surface area contributed by atoms with E-state index >= 15 is 0 Å². The summed E-state index contributed by atoms with van der Waals surface area (Å²) < 4.78 is 0. The number of aryl methyl sites for hydroxylation is 1. The van der Waals surface area contributed by atoms with Crippen molar-refractivity contribution in [2.45, 2.75) is 6.92 Å². The molecule has 0 amide bonds. The average molecular weight is 241 g/mol. The quantitative estimate of drug-likeness (QED) is 0.656. The predicted octanol–water partition coefficient (Wildman–Crippen LogP) is 3.78. The van der Waals surface area contributed by atoms with Crippen LogP contribution in [0.5, 0.6) is 0 Å². The zero-order valence-electron chi connectivity index (χ0n) is 8.19. The van der Waals surface area contributed by atoms with E-state index in [1.807, 2.05) is 25.1 Å². The van der Waals surface area contributed by atoms with Crippen LogP contribution in [0.25, 0.3) is 0 Å². The van der Waals surface area contributed by atoms with Crippen LogP contribution < -0.4 is 0 Å². The van der Waals surface area contributed by atoms with Crippen LogP contribution in [0, 0.1) is 6.92 Å². The molecule has 2 rings (SSSR count). The topological polar surface area (TPSA) is 25.8 Å². The summed E-state index contributed by atoms with van der Waals surface area (Å²) in [6, 6.07) is 9.11. The molecular formula is C11H10Cl2N2. The van der Waals surface area contributed by atoms with Crippen molar-refractivity contribution in [2.24, 2.45) is 0 Å². The summed E-state index contributed by atoms with van der Waals surface area (Å²) in [4.78, 5) is 7.59. The van der Waals surface area contributed by atoms with Gasteiger partial charge in [0.1, 0.15) is 10.3 Å². The van der Waals surface area contributed by atoms with Crippen molar-refractivity contribution in [3.63, 3.8) is 0 Å². The maximum Gasteiger partial charge on any atom is 0.129 e. The lowest BCUT2D eigenvalue weighted by molar-refractivity contribution is 1.27. The molecule has 0 saturated heterocycles. The lowest BCUT2D eigenvalue weighted by Gasteiger charge is -1.87. The number of hydrogen-bond donors (Lipinski definition) is 0. The van der Waals surface area contributed by atoms with Crippen LogP contribution in [0.4, 0.5) is 0 Å². The molecular weight excluding hydrogens is 231 g/mol. The summed E-state index contributed by atoms with van der Waals surface area (Å²) in [5.41, 5.74) is 1.13. The molecule has 0 radical (unpaired) electrons. The molecule has 0 N–H and O–H groups in total. The van der Waals surface area contributed by atoms with Crippen LogP contribution in [0.1, 0.15) is 5.56 Å². The van der Waals surface area contributed by atoms with Gasteiger partial charge in [0, 0.05) is 12.4 Å². The average Bonchev–Trinajstić information content (AvgIpc) is 2.25. The Morgan fingerprint density at radius 2 is 1.67 bits per heavy atom. The number of halogens is 2. The molecule has 0 unspecified atom stereocenters. The van der Waals surface area contributed by atoms with E-state index in [2.05, 4.69) is 9.97 Å². The fourth-order valence-corrected chi connectivity index (χ4v) is 1.03. The van der Waals surface area contributed by atoms with Gasteiger partial charge < -0.3 is 0 Å². The van der Waals surface area contributed by atoms with Gasteiger partial charge in [0.05, 0.1) is 0 Å². The van der Waals surface area contributed by atoms with Crippen molar-refractivity contribution < 1.29 is 0 Å². The molecule has 0 saturated carbocycles.